The largest absolute Gasteiger partial charge is 0.230 e. The molecule has 0 spiro atoms. The maximum atomic E-state index is 4.65. The third kappa shape index (κ3) is 3.55. The van der Waals surface area contributed by atoms with Crippen molar-refractivity contribution in [2.75, 3.05) is 5.75 Å². The van der Waals surface area contributed by atoms with Gasteiger partial charge in [0.15, 0.2) is 4.34 Å². The zero-order valence-electron chi connectivity index (χ0n) is 12.2. The molecule has 0 unspecified atom stereocenters. The molecule has 0 saturated heterocycles. The molecule has 0 aliphatic carbocycles. The summed E-state index contributed by atoms with van der Waals surface area (Å²) in [7, 11) is 0. The fourth-order valence-electron chi connectivity index (χ4n) is 2.09. The summed E-state index contributed by atoms with van der Waals surface area (Å²) < 4.78 is 2.41. The van der Waals surface area contributed by atoms with Crippen LogP contribution in [0.2, 0.25) is 0 Å². The van der Waals surface area contributed by atoms with E-state index >= 15 is 0 Å². The molecule has 0 atom stereocenters. The number of fused-ring (bicyclic) bond motifs is 1. The summed E-state index contributed by atoms with van der Waals surface area (Å²) in [6.45, 7) is 4.29. The van der Waals surface area contributed by atoms with Gasteiger partial charge in [-0.05, 0) is 37.1 Å². The van der Waals surface area contributed by atoms with Crippen LogP contribution in [0.1, 0.15) is 18.1 Å². The summed E-state index contributed by atoms with van der Waals surface area (Å²) in [5, 5.41) is 0. The molecule has 0 N–H and O–H groups in total. The number of nitrogens with zero attached hydrogens (tertiary/aromatic N) is 1. The Morgan fingerprint density at radius 3 is 2.67 bits per heavy atom. The lowest BCUT2D eigenvalue weighted by Crippen LogP contribution is -1.82. The van der Waals surface area contributed by atoms with E-state index in [0.717, 1.165) is 15.6 Å². The zero-order chi connectivity index (χ0) is 14.7. The highest BCUT2D eigenvalue weighted by Crippen LogP contribution is 2.29. The summed E-state index contributed by atoms with van der Waals surface area (Å²) in [6.07, 6.45) is 2.28. The van der Waals surface area contributed by atoms with Crippen LogP contribution < -0.4 is 0 Å². The van der Waals surface area contributed by atoms with Gasteiger partial charge in [-0.15, -0.1) is 11.3 Å². The quantitative estimate of drug-likeness (QED) is 0.565. The van der Waals surface area contributed by atoms with Crippen LogP contribution in [-0.4, -0.2) is 10.7 Å². The van der Waals surface area contributed by atoms with Crippen molar-refractivity contribution in [3.8, 4) is 0 Å². The van der Waals surface area contributed by atoms with Crippen molar-refractivity contribution in [3.05, 3.63) is 65.7 Å². The van der Waals surface area contributed by atoms with E-state index < -0.39 is 0 Å². The lowest BCUT2D eigenvalue weighted by molar-refractivity contribution is 1.30. The Hall–Kier alpha value is -1.58. The summed E-state index contributed by atoms with van der Waals surface area (Å²) in [4.78, 5) is 4.65. The fraction of sp³-hybridized carbons (Fsp3) is 0.167. The molecule has 1 aromatic heterocycles. The summed E-state index contributed by atoms with van der Waals surface area (Å²) in [5.74, 6) is 0.958. The second kappa shape index (κ2) is 6.46. The average Bonchev–Trinajstić information content (AvgIpc) is 2.90. The van der Waals surface area contributed by atoms with Gasteiger partial charge < -0.3 is 0 Å². The number of thiazole rings is 1. The normalized spacial score (nSPS) is 12.0. The van der Waals surface area contributed by atoms with Gasteiger partial charge in [-0.3, -0.25) is 0 Å². The number of thioether (sulfide) groups is 1. The third-order valence-electron chi connectivity index (χ3n) is 3.38. The maximum Gasteiger partial charge on any atom is 0.151 e. The number of hydrogen-bond donors (Lipinski definition) is 0. The molecule has 106 valence electrons. The smallest absolute Gasteiger partial charge is 0.151 e. The van der Waals surface area contributed by atoms with Crippen LogP contribution in [0, 0.1) is 6.92 Å². The van der Waals surface area contributed by atoms with Gasteiger partial charge in [-0.1, -0.05) is 59.8 Å². The summed E-state index contributed by atoms with van der Waals surface area (Å²) in [6, 6.07) is 17.0. The Labute approximate surface area is 133 Å². The Morgan fingerprint density at radius 1 is 1.14 bits per heavy atom. The van der Waals surface area contributed by atoms with E-state index in [2.05, 4.69) is 67.4 Å². The Kier molecular flexibility index (Phi) is 4.42. The van der Waals surface area contributed by atoms with Crippen molar-refractivity contribution < 1.29 is 0 Å². The summed E-state index contributed by atoms with van der Waals surface area (Å²) in [5.41, 5.74) is 5.02. The minimum Gasteiger partial charge on any atom is -0.230 e. The van der Waals surface area contributed by atoms with E-state index in [4.69, 9.17) is 0 Å². The first-order valence-corrected chi connectivity index (χ1v) is 8.75. The predicted molar refractivity (Wildman–Crippen MR) is 95.2 cm³/mol. The molecule has 0 amide bonds. The van der Waals surface area contributed by atoms with Gasteiger partial charge in [-0.25, -0.2) is 4.98 Å². The molecular formula is C18H17NS2. The monoisotopic (exact) mass is 311 g/mol. The highest BCUT2D eigenvalue weighted by Gasteiger charge is 2.02. The van der Waals surface area contributed by atoms with Crippen molar-refractivity contribution in [2.24, 2.45) is 0 Å². The molecule has 0 bridgehead atoms. The topological polar surface area (TPSA) is 12.9 Å². The van der Waals surface area contributed by atoms with Crippen LogP contribution in [0.25, 0.3) is 15.8 Å². The van der Waals surface area contributed by atoms with Crippen LogP contribution >= 0.6 is 23.1 Å². The number of aromatic nitrogens is 1. The van der Waals surface area contributed by atoms with Crippen molar-refractivity contribution >= 4 is 38.9 Å². The first-order chi connectivity index (χ1) is 10.2. The van der Waals surface area contributed by atoms with Crippen LogP contribution in [0.4, 0.5) is 0 Å². The lowest BCUT2D eigenvalue weighted by atomic mass is 10.1. The molecule has 3 rings (SSSR count). The molecule has 3 aromatic rings. The number of allylic oxidation sites excluding steroid dienone is 1. The van der Waals surface area contributed by atoms with E-state index in [0.29, 0.717) is 0 Å². The molecule has 21 heavy (non-hydrogen) atoms. The van der Waals surface area contributed by atoms with E-state index in [9.17, 15) is 0 Å². The van der Waals surface area contributed by atoms with E-state index in [1.807, 2.05) is 6.07 Å². The number of para-hydroxylation sites is 1. The minimum absolute atomic E-state index is 0.958. The van der Waals surface area contributed by atoms with Gasteiger partial charge >= 0.3 is 0 Å². The molecule has 0 aliphatic rings. The van der Waals surface area contributed by atoms with Gasteiger partial charge in [0.05, 0.1) is 10.2 Å². The van der Waals surface area contributed by atoms with Crippen molar-refractivity contribution in [2.45, 2.75) is 18.2 Å². The molecule has 3 heteroatoms. The molecule has 1 heterocycles. The van der Waals surface area contributed by atoms with Crippen molar-refractivity contribution in [1.82, 2.24) is 4.98 Å². The minimum atomic E-state index is 0.958. The Balaban J connectivity index is 1.67. The number of hydrogen-bond acceptors (Lipinski definition) is 3. The number of benzene rings is 2. The fourth-order valence-corrected chi connectivity index (χ4v) is 4.13. The standard InChI is InChI=1S/C18H17NS2/c1-13-7-9-15(10-8-13)14(2)11-12-20-18-19-16-5-3-4-6-17(16)21-18/h3-11H,12H2,1-2H3/b14-11+. The highest BCUT2D eigenvalue weighted by molar-refractivity contribution is 8.01. The first-order valence-electron chi connectivity index (χ1n) is 6.94. The summed E-state index contributed by atoms with van der Waals surface area (Å²) >= 11 is 3.57. The molecule has 0 saturated carbocycles. The molecule has 1 nitrogen and oxygen atoms in total. The van der Waals surface area contributed by atoms with Gasteiger partial charge in [0.25, 0.3) is 0 Å². The third-order valence-corrected chi connectivity index (χ3v) is 5.48. The van der Waals surface area contributed by atoms with Crippen LogP contribution in [0.3, 0.4) is 0 Å². The average molecular weight is 311 g/mol. The first kappa shape index (κ1) is 14.4. The maximum absolute atomic E-state index is 4.65. The second-order valence-corrected chi connectivity index (χ2v) is 7.31. The number of aryl methyl sites for hydroxylation is 1. The van der Waals surface area contributed by atoms with Crippen molar-refractivity contribution in [1.29, 1.82) is 0 Å². The highest BCUT2D eigenvalue weighted by atomic mass is 32.2. The van der Waals surface area contributed by atoms with E-state index in [1.54, 1.807) is 23.1 Å². The van der Waals surface area contributed by atoms with E-state index in [1.165, 1.54) is 21.4 Å². The van der Waals surface area contributed by atoms with Crippen molar-refractivity contribution in [3.63, 3.8) is 0 Å². The lowest BCUT2D eigenvalue weighted by Gasteiger charge is -2.02. The van der Waals surface area contributed by atoms with Crippen LogP contribution in [0.15, 0.2) is 58.9 Å². The molecular weight excluding hydrogens is 294 g/mol. The van der Waals surface area contributed by atoms with Gasteiger partial charge in [0.1, 0.15) is 0 Å². The second-order valence-electron chi connectivity index (χ2n) is 5.01. The van der Waals surface area contributed by atoms with Gasteiger partial charge in [0, 0.05) is 5.75 Å². The van der Waals surface area contributed by atoms with Gasteiger partial charge in [-0.2, -0.15) is 0 Å². The Bertz CT molecular complexity index is 736. The SMILES string of the molecule is C/C(=C\CSc1nc2ccccc2s1)c1ccc(C)cc1. The van der Waals surface area contributed by atoms with Gasteiger partial charge in [0.2, 0.25) is 0 Å². The molecule has 0 aliphatic heterocycles. The molecule has 2 aromatic carbocycles. The molecule has 0 fully saturated rings. The zero-order valence-corrected chi connectivity index (χ0v) is 13.8. The Morgan fingerprint density at radius 2 is 1.90 bits per heavy atom. The number of rotatable bonds is 4. The predicted octanol–water partition coefficient (Wildman–Crippen LogP) is 5.80. The molecule has 0 radical (unpaired) electrons. The van der Waals surface area contributed by atoms with E-state index in [-0.39, 0.29) is 0 Å². The van der Waals surface area contributed by atoms with Crippen LogP contribution in [0.5, 0.6) is 0 Å². The van der Waals surface area contributed by atoms with Crippen LogP contribution in [-0.2, 0) is 0 Å².